The summed E-state index contributed by atoms with van der Waals surface area (Å²) in [7, 11) is -3.88. The van der Waals surface area contributed by atoms with Gasteiger partial charge in [-0.2, -0.15) is 18.3 Å². The van der Waals surface area contributed by atoms with Gasteiger partial charge in [0.05, 0.1) is 16.3 Å². The lowest BCUT2D eigenvalue weighted by Gasteiger charge is -2.10. The summed E-state index contributed by atoms with van der Waals surface area (Å²) in [5.41, 5.74) is 0.957. The SMILES string of the molecule is Cc1ccc(-c2cc(C(F)(F)F)nn2-c2ccc(S(=O)(=O)NCCOc3ncccn3)cc2)cc1. The standard InChI is InChI=1S/C23H20F3N5O3S/c1-16-3-5-17(6-4-16)20-15-21(23(24,25)26)30-31(20)18-7-9-19(10-8-18)35(32,33)29-13-14-34-22-27-11-2-12-28-22/h2-12,15,29H,13-14H2,1H3. The van der Waals surface area contributed by atoms with Crippen molar-refractivity contribution in [2.45, 2.75) is 18.0 Å². The van der Waals surface area contributed by atoms with Crippen molar-refractivity contribution in [1.82, 2.24) is 24.5 Å². The van der Waals surface area contributed by atoms with Crippen molar-refractivity contribution in [2.75, 3.05) is 13.2 Å². The molecule has 1 N–H and O–H groups in total. The smallest absolute Gasteiger partial charge is 0.435 e. The van der Waals surface area contributed by atoms with Gasteiger partial charge in [0.25, 0.3) is 0 Å². The number of aryl methyl sites for hydroxylation is 1. The molecular weight excluding hydrogens is 483 g/mol. The van der Waals surface area contributed by atoms with Crippen molar-refractivity contribution in [2.24, 2.45) is 0 Å². The van der Waals surface area contributed by atoms with Gasteiger partial charge in [-0.25, -0.2) is 27.8 Å². The molecule has 0 saturated carbocycles. The summed E-state index contributed by atoms with van der Waals surface area (Å²) >= 11 is 0. The lowest BCUT2D eigenvalue weighted by molar-refractivity contribution is -0.141. The minimum Gasteiger partial charge on any atom is -0.462 e. The first kappa shape index (κ1) is 24.4. The van der Waals surface area contributed by atoms with Gasteiger partial charge >= 0.3 is 12.2 Å². The van der Waals surface area contributed by atoms with Crippen LogP contribution in [-0.2, 0) is 16.2 Å². The molecule has 0 fully saturated rings. The van der Waals surface area contributed by atoms with Gasteiger partial charge in [-0.1, -0.05) is 29.8 Å². The topological polar surface area (TPSA) is 99.0 Å². The van der Waals surface area contributed by atoms with Crippen LogP contribution in [-0.4, -0.2) is 41.3 Å². The molecule has 8 nitrogen and oxygen atoms in total. The molecule has 4 aromatic rings. The predicted octanol–water partition coefficient (Wildman–Crippen LogP) is 4.01. The molecule has 0 aliphatic rings. The van der Waals surface area contributed by atoms with E-state index in [1.165, 1.54) is 36.7 Å². The summed E-state index contributed by atoms with van der Waals surface area (Å²) in [5, 5.41) is 3.73. The molecule has 0 bridgehead atoms. The second-order valence-electron chi connectivity index (χ2n) is 7.46. The molecule has 0 atom stereocenters. The van der Waals surface area contributed by atoms with Gasteiger partial charge in [0.2, 0.25) is 10.0 Å². The van der Waals surface area contributed by atoms with Crippen molar-refractivity contribution in [3.63, 3.8) is 0 Å². The van der Waals surface area contributed by atoms with Gasteiger partial charge in [0, 0.05) is 24.5 Å². The molecule has 2 aromatic carbocycles. The zero-order valence-corrected chi connectivity index (χ0v) is 19.2. The number of rotatable bonds is 8. The third-order valence-electron chi connectivity index (χ3n) is 4.91. The molecule has 2 heterocycles. The highest BCUT2D eigenvalue weighted by atomic mass is 32.2. The summed E-state index contributed by atoms with van der Waals surface area (Å²) in [6, 6.07) is 15.1. The van der Waals surface area contributed by atoms with Crippen molar-refractivity contribution in [3.8, 4) is 23.0 Å². The lowest BCUT2D eigenvalue weighted by Crippen LogP contribution is -2.28. The molecule has 0 aliphatic heterocycles. The average molecular weight is 504 g/mol. The maximum atomic E-state index is 13.4. The predicted molar refractivity (Wildman–Crippen MR) is 121 cm³/mol. The zero-order chi connectivity index (χ0) is 25.1. The van der Waals surface area contributed by atoms with Crippen LogP contribution < -0.4 is 9.46 Å². The van der Waals surface area contributed by atoms with Crippen molar-refractivity contribution < 1.29 is 26.3 Å². The van der Waals surface area contributed by atoms with Crippen LogP contribution in [0.15, 0.2) is 78.0 Å². The third kappa shape index (κ3) is 5.84. The molecule has 2 aromatic heterocycles. The monoisotopic (exact) mass is 503 g/mol. The maximum absolute atomic E-state index is 13.4. The van der Waals surface area contributed by atoms with E-state index >= 15 is 0 Å². The van der Waals surface area contributed by atoms with Crippen LogP contribution in [0.25, 0.3) is 16.9 Å². The van der Waals surface area contributed by atoms with E-state index in [2.05, 4.69) is 19.8 Å². The Morgan fingerprint density at radius 3 is 2.29 bits per heavy atom. The molecule has 4 rings (SSSR count). The first-order valence-corrected chi connectivity index (χ1v) is 11.9. The van der Waals surface area contributed by atoms with Gasteiger partial charge < -0.3 is 4.74 Å². The van der Waals surface area contributed by atoms with E-state index in [9.17, 15) is 21.6 Å². The van der Waals surface area contributed by atoms with E-state index in [0.717, 1.165) is 16.3 Å². The largest absolute Gasteiger partial charge is 0.462 e. The minimum atomic E-state index is -4.63. The second-order valence-corrected chi connectivity index (χ2v) is 9.23. The molecule has 0 unspecified atom stereocenters. The molecule has 12 heteroatoms. The average Bonchev–Trinajstić information content (AvgIpc) is 3.29. The number of hydrogen-bond acceptors (Lipinski definition) is 6. The van der Waals surface area contributed by atoms with Gasteiger partial charge in [0.15, 0.2) is 5.69 Å². The van der Waals surface area contributed by atoms with Crippen LogP contribution in [0.5, 0.6) is 6.01 Å². The van der Waals surface area contributed by atoms with E-state index in [-0.39, 0.29) is 35.4 Å². The normalized spacial score (nSPS) is 12.0. The number of halogens is 3. The highest BCUT2D eigenvalue weighted by Crippen LogP contribution is 2.33. The molecule has 182 valence electrons. The van der Waals surface area contributed by atoms with Gasteiger partial charge in [-0.15, -0.1) is 0 Å². The van der Waals surface area contributed by atoms with Crippen LogP contribution >= 0.6 is 0 Å². The van der Waals surface area contributed by atoms with Crippen molar-refractivity contribution in [1.29, 1.82) is 0 Å². The fraction of sp³-hybridized carbons (Fsp3) is 0.174. The quantitative estimate of drug-likeness (QED) is 0.365. The first-order valence-electron chi connectivity index (χ1n) is 10.4. The highest BCUT2D eigenvalue weighted by molar-refractivity contribution is 7.89. The lowest BCUT2D eigenvalue weighted by atomic mass is 10.1. The number of sulfonamides is 1. The third-order valence-corrected chi connectivity index (χ3v) is 6.38. The van der Waals surface area contributed by atoms with E-state index in [1.54, 1.807) is 30.3 Å². The Labute approximate surface area is 199 Å². The van der Waals surface area contributed by atoms with E-state index < -0.39 is 21.9 Å². The molecule has 35 heavy (non-hydrogen) atoms. The van der Waals surface area contributed by atoms with Crippen LogP contribution in [0.4, 0.5) is 13.2 Å². The number of nitrogens with one attached hydrogen (secondary N) is 1. The molecule has 0 radical (unpaired) electrons. The fourth-order valence-corrected chi connectivity index (χ4v) is 4.19. The Balaban J connectivity index is 1.53. The molecular formula is C23H20F3N5O3S. The first-order chi connectivity index (χ1) is 16.6. The zero-order valence-electron chi connectivity index (χ0n) is 18.4. The summed E-state index contributed by atoms with van der Waals surface area (Å²) in [6.45, 7) is 1.85. The Kier molecular flexibility index (Phi) is 6.85. The number of nitrogens with zero attached hydrogens (tertiary/aromatic N) is 4. The second kappa shape index (κ2) is 9.84. The summed E-state index contributed by atoms with van der Waals surface area (Å²) in [5.74, 6) is 0. The maximum Gasteiger partial charge on any atom is 0.435 e. The van der Waals surface area contributed by atoms with Gasteiger partial charge in [-0.05, 0) is 43.3 Å². The number of alkyl halides is 3. The van der Waals surface area contributed by atoms with Crippen LogP contribution in [0.1, 0.15) is 11.3 Å². The minimum absolute atomic E-state index is 0.00867. The Bertz CT molecular complexity index is 1390. The van der Waals surface area contributed by atoms with E-state index in [1.807, 2.05) is 6.92 Å². The number of ether oxygens (including phenoxy) is 1. The van der Waals surface area contributed by atoms with Crippen molar-refractivity contribution >= 4 is 10.0 Å². The van der Waals surface area contributed by atoms with E-state index in [0.29, 0.717) is 5.56 Å². The molecule has 0 amide bonds. The highest BCUT2D eigenvalue weighted by Gasteiger charge is 2.35. The van der Waals surface area contributed by atoms with Gasteiger partial charge in [-0.3, -0.25) is 0 Å². The van der Waals surface area contributed by atoms with Crippen LogP contribution in [0.2, 0.25) is 0 Å². The number of benzene rings is 2. The molecule has 0 aliphatic carbocycles. The fourth-order valence-electron chi connectivity index (χ4n) is 3.17. The summed E-state index contributed by atoms with van der Waals surface area (Å²) < 4.78 is 74.1. The summed E-state index contributed by atoms with van der Waals surface area (Å²) in [6.07, 6.45) is -1.64. The van der Waals surface area contributed by atoms with Crippen molar-refractivity contribution in [3.05, 3.63) is 84.3 Å². The Morgan fingerprint density at radius 1 is 1.00 bits per heavy atom. The van der Waals surface area contributed by atoms with Crippen LogP contribution in [0, 0.1) is 6.92 Å². The number of hydrogen-bond donors (Lipinski definition) is 1. The van der Waals surface area contributed by atoms with Crippen LogP contribution in [0.3, 0.4) is 0 Å². The van der Waals surface area contributed by atoms with E-state index in [4.69, 9.17) is 4.74 Å². The van der Waals surface area contributed by atoms with Gasteiger partial charge in [0.1, 0.15) is 6.61 Å². The Hall–Kier alpha value is -3.77. The Morgan fingerprint density at radius 2 is 1.66 bits per heavy atom. The number of aromatic nitrogens is 4. The molecule has 0 saturated heterocycles. The molecule has 0 spiro atoms. The summed E-state index contributed by atoms with van der Waals surface area (Å²) in [4.78, 5) is 7.68.